The summed E-state index contributed by atoms with van der Waals surface area (Å²) >= 11 is 1.93. The Morgan fingerprint density at radius 3 is 2.56 bits per heavy atom. The lowest BCUT2D eigenvalue weighted by molar-refractivity contribution is 0.625. The van der Waals surface area contributed by atoms with Crippen LogP contribution in [0.2, 0.25) is 0 Å². The first kappa shape index (κ1) is 14.4. The van der Waals surface area contributed by atoms with Gasteiger partial charge in [0.2, 0.25) is 0 Å². The van der Waals surface area contributed by atoms with Crippen LogP contribution in [0.25, 0.3) is 0 Å². The number of aliphatic imine (C=N–C) groups is 1. The van der Waals surface area contributed by atoms with Crippen LogP contribution in [0.5, 0.6) is 0 Å². The minimum atomic E-state index is 0. The molecule has 0 bridgehead atoms. The Kier molecular flexibility index (Phi) is 5.70. The van der Waals surface area contributed by atoms with Crippen LogP contribution in [0, 0.1) is 0 Å². The van der Waals surface area contributed by atoms with Crippen molar-refractivity contribution in [3.63, 3.8) is 0 Å². The van der Waals surface area contributed by atoms with Crippen LogP contribution in [0.15, 0.2) is 4.99 Å². The highest BCUT2D eigenvalue weighted by atomic mass is 127. The molecule has 94 valence electrons. The van der Waals surface area contributed by atoms with E-state index in [2.05, 4.69) is 16.6 Å². The lowest BCUT2D eigenvalue weighted by atomic mass is 10.2. The number of nitrogens with zero attached hydrogens (tertiary/aromatic N) is 1. The van der Waals surface area contributed by atoms with Gasteiger partial charge in [-0.15, -0.1) is 24.0 Å². The molecule has 2 aliphatic carbocycles. The van der Waals surface area contributed by atoms with Crippen LogP contribution in [0.1, 0.15) is 38.5 Å². The molecule has 0 heterocycles. The van der Waals surface area contributed by atoms with E-state index < -0.39 is 0 Å². The molecule has 0 spiro atoms. The second-order valence-corrected chi connectivity index (χ2v) is 5.99. The molecule has 0 amide bonds. The second kappa shape index (κ2) is 6.33. The van der Waals surface area contributed by atoms with Crippen molar-refractivity contribution in [2.45, 2.75) is 49.3 Å². The molecule has 0 radical (unpaired) electrons. The smallest absolute Gasteiger partial charge is 0.188 e. The van der Waals surface area contributed by atoms with Crippen LogP contribution >= 0.6 is 35.7 Å². The molecule has 0 saturated heterocycles. The zero-order valence-electron chi connectivity index (χ0n) is 9.87. The number of hydrogen-bond acceptors (Lipinski definition) is 2. The molecule has 0 unspecified atom stereocenters. The quantitative estimate of drug-likeness (QED) is 0.462. The Bertz CT molecular complexity index is 248. The first-order chi connectivity index (χ1) is 7.24. The highest BCUT2D eigenvalue weighted by Crippen LogP contribution is 2.47. The maximum Gasteiger partial charge on any atom is 0.188 e. The maximum absolute atomic E-state index is 5.87. The number of guanidine groups is 1. The Morgan fingerprint density at radius 2 is 2.06 bits per heavy atom. The molecule has 3 N–H and O–H groups in total. The van der Waals surface area contributed by atoms with Gasteiger partial charge in [-0.1, -0.05) is 12.8 Å². The number of nitrogens with one attached hydrogen (secondary N) is 1. The highest BCUT2D eigenvalue weighted by molar-refractivity contribution is 14.0. The first-order valence-corrected chi connectivity index (χ1v) is 7.08. The van der Waals surface area contributed by atoms with Gasteiger partial charge in [0.05, 0.1) is 6.54 Å². The van der Waals surface area contributed by atoms with Gasteiger partial charge in [0, 0.05) is 10.8 Å². The minimum absolute atomic E-state index is 0. The van der Waals surface area contributed by atoms with E-state index in [1.54, 1.807) is 0 Å². The van der Waals surface area contributed by atoms with Crippen LogP contribution in [0.3, 0.4) is 0 Å². The number of thioether (sulfide) groups is 1. The third-order valence-electron chi connectivity index (χ3n) is 3.49. The van der Waals surface area contributed by atoms with E-state index >= 15 is 0 Å². The molecule has 0 aromatic heterocycles. The fraction of sp³-hybridized carbons (Fsp3) is 0.909. The summed E-state index contributed by atoms with van der Waals surface area (Å²) in [6.45, 7) is 0.889. The molecule has 16 heavy (non-hydrogen) atoms. The van der Waals surface area contributed by atoms with Crippen LogP contribution in [-0.4, -0.2) is 29.5 Å². The minimum Gasteiger partial charge on any atom is -0.370 e. The Labute approximate surface area is 119 Å². The number of hydrogen-bond donors (Lipinski definition) is 2. The van der Waals surface area contributed by atoms with Crippen molar-refractivity contribution >= 4 is 41.7 Å². The van der Waals surface area contributed by atoms with E-state index in [1.807, 2.05) is 11.8 Å². The summed E-state index contributed by atoms with van der Waals surface area (Å²) in [4.78, 5) is 4.46. The van der Waals surface area contributed by atoms with Gasteiger partial charge >= 0.3 is 0 Å². The van der Waals surface area contributed by atoms with Crippen molar-refractivity contribution in [1.29, 1.82) is 0 Å². The Balaban J connectivity index is 0.00000128. The number of rotatable bonds is 4. The molecule has 0 aromatic carbocycles. The van der Waals surface area contributed by atoms with Gasteiger partial charge in [0.15, 0.2) is 5.96 Å². The monoisotopic (exact) mass is 355 g/mol. The van der Waals surface area contributed by atoms with Gasteiger partial charge in [-0.2, -0.15) is 11.8 Å². The molecule has 0 aliphatic heterocycles. The maximum atomic E-state index is 5.87. The predicted octanol–water partition coefficient (Wildman–Crippen LogP) is 2.35. The van der Waals surface area contributed by atoms with Gasteiger partial charge in [-0.05, 0) is 31.9 Å². The van der Waals surface area contributed by atoms with E-state index in [0.29, 0.717) is 16.7 Å². The lowest BCUT2D eigenvalue weighted by Gasteiger charge is -2.14. The fourth-order valence-corrected chi connectivity index (χ4v) is 2.82. The van der Waals surface area contributed by atoms with Gasteiger partial charge in [0.1, 0.15) is 0 Å². The summed E-state index contributed by atoms with van der Waals surface area (Å²) in [5, 5.41) is 3.32. The molecular weight excluding hydrogens is 333 g/mol. The molecule has 5 heteroatoms. The molecular formula is C11H22IN3S. The fourth-order valence-electron chi connectivity index (χ4n) is 2.12. The molecule has 3 nitrogen and oxygen atoms in total. The Morgan fingerprint density at radius 1 is 1.44 bits per heavy atom. The summed E-state index contributed by atoms with van der Waals surface area (Å²) in [6.07, 6.45) is 9.94. The van der Waals surface area contributed by atoms with Gasteiger partial charge < -0.3 is 11.1 Å². The molecule has 0 aromatic rings. The third kappa shape index (κ3) is 3.98. The molecule has 2 saturated carbocycles. The zero-order chi connectivity index (χ0) is 10.7. The lowest BCUT2D eigenvalue weighted by Crippen LogP contribution is -2.39. The van der Waals surface area contributed by atoms with Crippen molar-refractivity contribution in [3.8, 4) is 0 Å². The van der Waals surface area contributed by atoms with E-state index in [-0.39, 0.29) is 24.0 Å². The topological polar surface area (TPSA) is 50.4 Å². The van der Waals surface area contributed by atoms with Crippen molar-refractivity contribution in [1.82, 2.24) is 5.32 Å². The average Bonchev–Trinajstić information content (AvgIpc) is 2.86. The van der Waals surface area contributed by atoms with Crippen molar-refractivity contribution in [2.75, 3.05) is 12.8 Å². The van der Waals surface area contributed by atoms with Crippen molar-refractivity contribution in [3.05, 3.63) is 0 Å². The molecule has 2 aliphatic rings. The molecule has 2 fully saturated rings. The average molecular weight is 355 g/mol. The second-order valence-electron chi connectivity index (χ2n) is 4.71. The Hall–Kier alpha value is 0.350. The van der Waals surface area contributed by atoms with Crippen LogP contribution < -0.4 is 11.1 Å². The van der Waals surface area contributed by atoms with Gasteiger partial charge in [-0.3, -0.25) is 4.99 Å². The highest BCUT2D eigenvalue weighted by Gasteiger charge is 2.41. The standard InChI is InChI=1S/C11H21N3S.HI/c1-15-11(6-7-11)8-13-10(12)14-9-4-2-3-5-9;/h9H,2-8H2,1H3,(H3,12,13,14);1H. The van der Waals surface area contributed by atoms with Gasteiger partial charge in [0.25, 0.3) is 0 Å². The largest absolute Gasteiger partial charge is 0.370 e. The predicted molar refractivity (Wildman–Crippen MR) is 82.8 cm³/mol. The van der Waals surface area contributed by atoms with E-state index in [1.165, 1.54) is 38.5 Å². The normalized spacial score (nSPS) is 23.9. The van der Waals surface area contributed by atoms with Crippen LogP contribution in [0.4, 0.5) is 0 Å². The van der Waals surface area contributed by atoms with Crippen molar-refractivity contribution < 1.29 is 0 Å². The third-order valence-corrected chi connectivity index (χ3v) is 4.89. The van der Waals surface area contributed by atoms with Gasteiger partial charge in [-0.25, -0.2) is 0 Å². The number of halogens is 1. The van der Waals surface area contributed by atoms with E-state index in [4.69, 9.17) is 5.73 Å². The van der Waals surface area contributed by atoms with E-state index in [9.17, 15) is 0 Å². The van der Waals surface area contributed by atoms with Crippen LogP contribution in [-0.2, 0) is 0 Å². The summed E-state index contributed by atoms with van der Waals surface area (Å²) in [7, 11) is 0. The summed E-state index contributed by atoms with van der Waals surface area (Å²) in [6, 6.07) is 0.582. The zero-order valence-corrected chi connectivity index (χ0v) is 13.0. The summed E-state index contributed by atoms with van der Waals surface area (Å²) in [5.74, 6) is 0.655. The SMILES string of the molecule is CSC1(CN=C(N)NC2CCCC2)CC1.I. The summed E-state index contributed by atoms with van der Waals surface area (Å²) in [5.41, 5.74) is 5.87. The molecule has 0 atom stereocenters. The molecule has 2 rings (SSSR count). The van der Waals surface area contributed by atoms with E-state index in [0.717, 1.165) is 6.54 Å². The number of nitrogens with two attached hydrogens (primary N) is 1. The summed E-state index contributed by atoms with van der Waals surface area (Å²) < 4.78 is 0.433. The van der Waals surface area contributed by atoms with Crippen molar-refractivity contribution in [2.24, 2.45) is 10.7 Å². The first-order valence-electron chi connectivity index (χ1n) is 5.86.